The van der Waals surface area contributed by atoms with Gasteiger partial charge in [0.2, 0.25) is 0 Å². The summed E-state index contributed by atoms with van der Waals surface area (Å²) < 4.78 is 9.12. The number of hydrogen-bond acceptors (Lipinski definition) is 4. The predicted molar refractivity (Wildman–Crippen MR) is 47.0 cm³/mol. The predicted octanol–water partition coefficient (Wildman–Crippen LogP) is 0.915. The molecule has 0 fully saturated rings. The topological polar surface area (TPSA) is 52.6 Å². The number of carbonyl (C=O) groups excluding carboxylic acids is 2. The molecule has 13 heavy (non-hydrogen) atoms. The molecule has 4 heteroatoms. The van der Waals surface area contributed by atoms with E-state index in [1.165, 1.54) is 20.1 Å². The van der Waals surface area contributed by atoms with Crippen molar-refractivity contribution in [1.82, 2.24) is 0 Å². The summed E-state index contributed by atoms with van der Waals surface area (Å²) in [5, 5.41) is 0. The highest BCUT2D eigenvalue weighted by molar-refractivity contribution is 5.81. The lowest BCUT2D eigenvalue weighted by molar-refractivity contribution is -0.141. The van der Waals surface area contributed by atoms with Gasteiger partial charge in [0.15, 0.2) is 0 Å². The SMILES string of the molecule is COC(=O)/C=C/C(C)COC(C)=O. The van der Waals surface area contributed by atoms with Crippen LogP contribution in [0.1, 0.15) is 13.8 Å². The summed E-state index contributed by atoms with van der Waals surface area (Å²) in [5.41, 5.74) is 0. The summed E-state index contributed by atoms with van der Waals surface area (Å²) in [6, 6.07) is 0. The van der Waals surface area contributed by atoms with Crippen LogP contribution in [0.2, 0.25) is 0 Å². The van der Waals surface area contributed by atoms with E-state index in [4.69, 9.17) is 4.74 Å². The third-order valence-electron chi connectivity index (χ3n) is 1.31. The van der Waals surface area contributed by atoms with Crippen LogP contribution in [0.25, 0.3) is 0 Å². The van der Waals surface area contributed by atoms with Crippen molar-refractivity contribution >= 4 is 11.9 Å². The van der Waals surface area contributed by atoms with Crippen LogP contribution >= 0.6 is 0 Å². The Bertz CT molecular complexity index is 208. The standard InChI is InChI=1S/C9H14O4/c1-7(6-13-8(2)10)4-5-9(11)12-3/h4-5,7H,6H2,1-3H3/b5-4+. The third kappa shape index (κ3) is 7.05. The maximum absolute atomic E-state index is 10.6. The Morgan fingerprint density at radius 2 is 2.08 bits per heavy atom. The van der Waals surface area contributed by atoms with E-state index in [1.807, 2.05) is 6.92 Å². The molecule has 1 unspecified atom stereocenters. The van der Waals surface area contributed by atoms with E-state index in [0.717, 1.165) is 0 Å². The molecule has 0 aliphatic heterocycles. The number of ether oxygens (including phenoxy) is 2. The van der Waals surface area contributed by atoms with E-state index in [1.54, 1.807) is 6.08 Å². The Morgan fingerprint density at radius 3 is 2.54 bits per heavy atom. The van der Waals surface area contributed by atoms with Crippen molar-refractivity contribution in [1.29, 1.82) is 0 Å². The van der Waals surface area contributed by atoms with E-state index in [9.17, 15) is 9.59 Å². The van der Waals surface area contributed by atoms with Gasteiger partial charge in [-0.25, -0.2) is 4.79 Å². The highest BCUT2D eigenvalue weighted by Gasteiger charge is 2.00. The van der Waals surface area contributed by atoms with Crippen molar-refractivity contribution in [2.75, 3.05) is 13.7 Å². The van der Waals surface area contributed by atoms with Gasteiger partial charge in [0.05, 0.1) is 13.7 Å². The van der Waals surface area contributed by atoms with E-state index >= 15 is 0 Å². The molecular formula is C9H14O4. The van der Waals surface area contributed by atoms with Gasteiger partial charge in [-0.05, 0) is 0 Å². The molecule has 0 radical (unpaired) electrons. The molecule has 0 heterocycles. The van der Waals surface area contributed by atoms with E-state index < -0.39 is 5.97 Å². The van der Waals surface area contributed by atoms with Gasteiger partial charge in [-0.15, -0.1) is 0 Å². The van der Waals surface area contributed by atoms with Crippen LogP contribution in [0, 0.1) is 5.92 Å². The minimum absolute atomic E-state index is 0.0167. The molecule has 0 saturated heterocycles. The van der Waals surface area contributed by atoms with Crippen LogP contribution in [0.3, 0.4) is 0 Å². The van der Waals surface area contributed by atoms with Crippen molar-refractivity contribution < 1.29 is 19.1 Å². The summed E-state index contributed by atoms with van der Waals surface area (Å²) in [5.74, 6) is -0.712. The average Bonchev–Trinajstić information content (AvgIpc) is 2.10. The molecule has 0 N–H and O–H groups in total. The van der Waals surface area contributed by atoms with Gasteiger partial charge in [0.1, 0.15) is 0 Å². The number of rotatable bonds is 4. The Hall–Kier alpha value is -1.32. The Balaban J connectivity index is 3.73. The zero-order valence-electron chi connectivity index (χ0n) is 8.07. The maximum Gasteiger partial charge on any atom is 0.330 e. The van der Waals surface area contributed by atoms with Crippen molar-refractivity contribution in [3.05, 3.63) is 12.2 Å². The molecule has 0 spiro atoms. The molecule has 0 aromatic heterocycles. The van der Waals surface area contributed by atoms with Gasteiger partial charge in [0, 0.05) is 18.9 Å². The Kier molecular flexibility index (Phi) is 5.59. The van der Waals surface area contributed by atoms with Gasteiger partial charge in [-0.2, -0.15) is 0 Å². The number of hydrogen-bond donors (Lipinski definition) is 0. The molecular weight excluding hydrogens is 172 g/mol. The number of methoxy groups -OCH3 is 1. The summed E-state index contributed by atoms with van der Waals surface area (Å²) in [4.78, 5) is 21.0. The van der Waals surface area contributed by atoms with Crippen LogP contribution in [0.15, 0.2) is 12.2 Å². The smallest absolute Gasteiger partial charge is 0.330 e. The Labute approximate surface area is 77.5 Å². The van der Waals surface area contributed by atoms with Crippen LogP contribution in [0.4, 0.5) is 0 Å². The summed E-state index contributed by atoms with van der Waals surface area (Å²) in [6.45, 7) is 3.46. The van der Waals surface area contributed by atoms with Gasteiger partial charge in [-0.3, -0.25) is 4.79 Å². The first-order valence-corrected chi connectivity index (χ1v) is 3.95. The van der Waals surface area contributed by atoms with Gasteiger partial charge >= 0.3 is 11.9 Å². The average molecular weight is 186 g/mol. The summed E-state index contributed by atoms with van der Waals surface area (Å²) >= 11 is 0. The molecule has 0 saturated carbocycles. The fourth-order valence-electron chi connectivity index (χ4n) is 0.615. The third-order valence-corrected chi connectivity index (χ3v) is 1.31. The number of esters is 2. The largest absolute Gasteiger partial charge is 0.466 e. The monoisotopic (exact) mass is 186 g/mol. The molecule has 74 valence electrons. The second-order valence-corrected chi connectivity index (χ2v) is 2.66. The minimum atomic E-state index is -0.408. The highest BCUT2D eigenvalue weighted by atomic mass is 16.5. The zero-order chi connectivity index (χ0) is 10.3. The first-order valence-electron chi connectivity index (χ1n) is 3.95. The van der Waals surface area contributed by atoms with E-state index in [2.05, 4.69) is 4.74 Å². The summed E-state index contributed by atoms with van der Waals surface area (Å²) in [7, 11) is 1.31. The Morgan fingerprint density at radius 1 is 1.46 bits per heavy atom. The quantitative estimate of drug-likeness (QED) is 0.484. The molecule has 0 aromatic rings. The number of carbonyl (C=O) groups is 2. The fraction of sp³-hybridized carbons (Fsp3) is 0.556. The highest BCUT2D eigenvalue weighted by Crippen LogP contribution is 1.98. The molecule has 0 aromatic carbocycles. The van der Waals surface area contributed by atoms with Crippen LogP contribution < -0.4 is 0 Å². The van der Waals surface area contributed by atoms with Crippen LogP contribution in [0.5, 0.6) is 0 Å². The second-order valence-electron chi connectivity index (χ2n) is 2.66. The normalized spacial score (nSPS) is 12.5. The lowest BCUT2D eigenvalue weighted by Gasteiger charge is -2.05. The van der Waals surface area contributed by atoms with E-state index in [-0.39, 0.29) is 18.5 Å². The molecule has 0 rings (SSSR count). The van der Waals surface area contributed by atoms with E-state index in [0.29, 0.717) is 0 Å². The van der Waals surface area contributed by atoms with Crippen LogP contribution in [-0.4, -0.2) is 25.7 Å². The lowest BCUT2D eigenvalue weighted by Crippen LogP contribution is -2.07. The van der Waals surface area contributed by atoms with Gasteiger partial charge in [-0.1, -0.05) is 13.0 Å². The molecule has 4 nitrogen and oxygen atoms in total. The van der Waals surface area contributed by atoms with Crippen LogP contribution in [-0.2, 0) is 19.1 Å². The van der Waals surface area contributed by atoms with Crippen molar-refractivity contribution in [2.24, 2.45) is 5.92 Å². The lowest BCUT2D eigenvalue weighted by atomic mass is 10.2. The first-order chi connectivity index (χ1) is 6.06. The minimum Gasteiger partial charge on any atom is -0.466 e. The molecule has 0 bridgehead atoms. The zero-order valence-corrected chi connectivity index (χ0v) is 8.07. The second kappa shape index (κ2) is 6.22. The van der Waals surface area contributed by atoms with Crippen molar-refractivity contribution in [3.8, 4) is 0 Å². The van der Waals surface area contributed by atoms with Gasteiger partial charge in [0.25, 0.3) is 0 Å². The van der Waals surface area contributed by atoms with Crippen molar-refractivity contribution in [2.45, 2.75) is 13.8 Å². The van der Waals surface area contributed by atoms with Crippen molar-refractivity contribution in [3.63, 3.8) is 0 Å². The summed E-state index contributed by atoms with van der Waals surface area (Å²) in [6.07, 6.45) is 2.95. The first kappa shape index (κ1) is 11.7. The molecule has 0 aliphatic carbocycles. The molecule has 0 aliphatic rings. The fourth-order valence-corrected chi connectivity index (χ4v) is 0.615. The maximum atomic E-state index is 10.6. The molecule has 1 atom stereocenters. The molecule has 0 amide bonds. The van der Waals surface area contributed by atoms with Gasteiger partial charge < -0.3 is 9.47 Å².